The molecule has 18 heavy (non-hydrogen) atoms. The van der Waals surface area contributed by atoms with Gasteiger partial charge in [-0.25, -0.2) is 0 Å². The summed E-state index contributed by atoms with van der Waals surface area (Å²) in [7, 11) is 0. The van der Waals surface area contributed by atoms with Crippen LogP contribution in [0, 0.1) is 0 Å². The lowest BCUT2D eigenvalue weighted by Gasteiger charge is -2.06. The van der Waals surface area contributed by atoms with Gasteiger partial charge in [-0.2, -0.15) is 0 Å². The minimum absolute atomic E-state index is 0.214. The second-order valence-corrected chi connectivity index (χ2v) is 3.74. The van der Waals surface area contributed by atoms with E-state index in [4.69, 9.17) is 9.15 Å². The lowest BCUT2D eigenvalue weighted by molar-refractivity contribution is 0.0924. The average Bonchev–Trinajstić information content (AvgIpc) is 2.86. The van der Waals surface area contributed by atoms with Crippen LogP contribution >= 0.6 is 0 Å². The van der Waals surface area contributed by atoms with E-state index < -0.39 is 0 Å². The van der Waals surface area contributed by atoms with Crippen molar-refractivity contribution in [3.05, 3.63) is 54.0 Å². The first-order chi connectivity index (χ1) is 8.81. The highest BCUT2D eigenvalue weighted by molar-refractivity contribution is 5.92. The highest BCUT2D eigenvalue weighted by atomic mass is 16.5. The Balaban J connectivity index is 2.02. The molecule has 1 aromatic heterocycles. The predicted molar refractivity (Wildman–Crippen MR) is 67.5 cm³/mol. The van der Waals surface area contributed by atoms with Gasteiger partial charge in [-0.15, -0.1) is 0 Å². The number of amides is 1. The summed E-state index contributed by atoms with van der Waals surface area (Å²) in [6, 6.07) is 11.2. The Labute approximate surface area is 106 Å². The number of rotatable bonds is 5. The molecule has 0 bridgehead atoms. The van der Waals surface area contributed by atoms with Gasteiger partial charge in [0.25, 0.3) is 5.91 Å². The highest BCUT2D eigenvalue weighted by Gasteiger charge is 2.14. The Hall–Kier alpha value is -2.23. The van der Waals surface area contributed by atoms with Crippen LogP contribution in [0.25, 0.3) is 0 Å². The normalized spacial score (nSPS) is 10.1. The smallest absolute Gasteiger partial charge is 0.287 e. The molecule has 4 nitrogen and oxygen atoms in total. The average molecular weight is 245 g/mol. The van der Waals surface area contributed by atoms with E-state index >= 15 is 0 Å². The first-order valence-electron chi connectivity index (χ1n) is 5.83. The number of hydrogen-bond acceptors (Lipinski definition) is 3. The van der Waals surface area contributed by atoms with Crippen molar-refractivity contribution in [2.75, 3.05) is 6.54 Å². The Morgan fingerprint density at radius 3 is 2.78 bits per heavy atom. The third kappa shape index (κ3) is 2.91. The molecule has 0 aliphatic heterocycles. The number of carbonyl (C=O) groups is 1. The number of carbonyl (C=O) groups excluding carboxylic acids is 1. The molecule has 0 atom stereocenters. The third-order valence-electron chi connectivity index (χ3n) is 2.43. The van der Waals surface area contributed by atoms with Crippen molar-refractivity contribution in [2.45, 2.75) is 13.5 Å². The van der Waals surface area contributed by atoms with E-state index in [0.717, 1.165) is 11.3 Å². The molecule has 1 aromatic carbocycles. The zero-order chi connectivity index (χ0) is 12.8. The largest absolute Gasteiger partial charge is 0.489 e. The van der Waals surface area contributed by atoms with Crippen molar-refractivity contribution < 1.29 is 13.9 Å². The monoisotopic (exact) mass is 245 g/mol. The number of furan rings is 1. The van der Waals surface area contributed by atoms with Crippen LogP contribution in [-0.4, -0.2) is 12.5 Å². The third-order valence-corrected chi connectivity index (χ3v) is 2.43. The summed E-state index contributed by atoms with van der Waals surface area (Å²) >= 11 is 0. The quantitative estimate of drug-likeness (QED) is 0.880. The van der Waals surface area contributed by atoms with Gasteiger partial charge >= 0.3 is 0 Å². The van der Waals surface area contributed by atoms with E-state index in [1.54, 1.807) is 6.07 Å². The highest BCUT2D eigenvalue weighted by Crippen LogP contribution is 2.15. The lowest BCUT2D eigenvalue weighted by Crippen LogP contribution is -2.23. The summed E-state index contributed by atoms with van der Waals surface area (Å²) in [5, 5.41) is 2.70. The summed E-state index contributed by atoms with van der Waals surface area (Å²) in [5.74, 6) is 0.863. The molecule has 0 unspecified atom stereocenters. The maximum absolute atomic E-state index is 11.7. The Morgan fingerprint density at radius 1 is 1.28 bits per heavy atom. The zero-order valence-corrected chi connectivity index (χ0v) is 10.2. The standard InChI is InChI=1S/C14H15NO3/c1-2-15-14(16)13-11(8-9-17-13)10-18-12-6-4-3-5-7-12/h3-9H,2,10H2,1H3,(H,15,16). The molecule has 4 heteroatoms. The van der Waals surface area contributed by atoms with Gasteiger partial charge < -0.3 is 14.5 Å². The fourth-order valence-corrected chi connectivity index (χ4v) is 1.57. The van der Waals surface area contributed by atoms with Crippen molar-refractivity contribution in [3.63, 3.8) is 0 Å². The summed E-state index contributed by atoms with van der Waals surface area (Å²) in [6.45, 7) is 2.74. The topological polar surface area (TPSA) is 51.5 Å². The van der Waals surface area contributed by atoms with E-state index in [2.05, 4.69) is 5.32 Å². The molecule has 0 radical (unpaired) electrons. The first-order valence-corrected chi connectivity index (χ1v) is 5.83. The van der Waals surface area contributed by atoms with Crippen molar-refractivity contribution in [3.8, 4) is 5.75 Å². The fourth-order valence-electron chi connectivity index (χ4n) is 1.57. The molecule has 1 heterocycles. The molecule has 0 fully saturated rings. The van der Waals surface area contributed by atoms with Crippen LogP contribution in [0.1, 0.15) is 23.0 Å². The second kappa shape index (κ2) is 5.91. The van der Waals surface area contributed by atoms with Gasteiger partial charge in [-0.05, 0) is 25.1 Å². The van der Waals surface area contributed by atoms with Gasteiger partial charge in [-0.3, -0.25) is 4.79 Å². The predicted octanol–water partition coefficient (Wildman–Crippen LogP) is 2.61. The molecule has 0 saturated heterocycles. The van der Waals surface area contributed by atoms with Gasteiger partial charge in [0, 0.05) is 12.1 Å². The number of nitrogens with one attached hydrogen (secondary N) is 1. The summed E-state index contributed by atoms with van der Waals surface area (Å²) in [6.07, 6.45) is 1.49. The number of ether oxygens (including phenoxy) is 1. The number of hydrogen-bond donors (Lipinski definition) is 1. The maximum Gasteiger partial charge on any atom is 0.287 e. The zero-order valence-electron chi connectivity index (χ0n) is 10.2. The van der Waals surface area contributed by atoms with E-state index in [-0.39, 0.29) is 5.91 Å². The minimum Gasteiger partial charge on any atom is -0.489 e. The van der Waals surface area contributed by atoms with E-state index in [0.29, 0.717) is 18.9 Å². The van der Waals surface area contributed by atoms with Gasteiger partial charge in [0.1, 0.15) is 12.4 Å². The van der Waals surface area contributed by atoms with Gasteiger partial charge in [0.15, 0.2) is 5.76 Å². The molecule has 2 aromatic rings. The summed E-state index contributed by atoms with van der Waals surface area (Å²) in [5.41, 5.74) is 0.741. The molecule has 1 amide bonds. The molecule has 1 N–H and O–H groups in total. The van der Waals surface area contributed by atoms with Crippen LogP contribution in [0.4, 0.5) is 0 Å². The van der Waals surface area contributed by atoms with Crippen LogP contribution in [0.5, 0.6) is 5.75 Å². The van der Waals surface area contributed by atoms with Gasteiger partial charge in [0.2, 0.25) is 0 Å². The van der Waals surface area contributed by atoms with Gasteiger partial charge in [-0.1, -0.05) is 18.2 Å². The van der Waals surface area contributed by atoms with Crippen molar-refractivity contribution in [1.82, 2.24) is 5.32 Å². The SMILES string of the molecule is CCNC(=O)c1occc1COc1ccccc1. The second-order valence-electron chi connectivity index (χ2n) is 3.74. The molecule has 0 aliphatic carbocycles. The molecule has 0 spiro atoms. The van der Waals surface area contributed by atoms with Crippen molar-refractivity contribution >= 4 is 5.91 Å². The van der Waals surface area contributed by atoms with Crippen LogP contribution < -0.4 is 10.1 Å². The fraction of sp³-hybridized carbons (Fsp3) is 0.214. The van der Waals surface area contributed by atoms with Crippen LogP contribution in [0.2, 0.25) is 0 Å². The van der Waals surface area contributed by atoms with Gasteiger partial charge in [0.05, 0.1) is 6.26 Å². The molecular weight excluding hydrogens is 230 g/mol. The number of para-hydroxylation sites is 1. The van der Waals surface area contributed by atoms with Crippen molar-refractivity contribution in [2.24, 2.45) is 0 Å². The van der Waals surface area contributed by atoms with Crippen LogP contribution in [-0.2, 0) is 6.61 Å². The first kappa shape index (κ1) is 12.2. The molecule has 0 aliphatic rings. The van der Waals surface area contributed by atoms with Crippen LogP contribution in [0.15, 0.2) is 47.1 Å². The molecule has 0 saturated carbocycles. The van der Waals surface area contributed by atoms with E-state index in [1.807, 2.05) is 37.3 Å². The van der Waals surface area contributed by atoms with Crippen LogP contribution in [0.3, 0.4) is 0 Å². The molecule has 2 rings (SSSR count). The Bertz CT molecular complexity index is 505. The summed E-state index contributed by atoms with van der Waals surface area (Å²) in [4.78, 5) is 11.7. The Morgan fingerprint density at radius 2 is 2.06 bits per heavy atom. The Kier molecular flexibility index (Phi) is 4.02. The summed E-state index contributed by atoms with van der Waals surface area (Å²) < 4.78 is 10.8. The van der Waals surface area contributed by atoms with E-state index in [9.17, 15) is 4.79 Å². The lowest BCUT2D eigenvalue weighted by atomic mass is 10.2. The van der Waals surface area contributed by atoms with Crippen molar-refractivity contribution in [1.29, 1.82) is 0 Å². The van der Waals surface area contributed by atoms with E-state index in [1.165, 1.54) is 6.26 Å². The molecular formula is C14H15NO3. The maximum atomic E-state index is 11.7. The number of benzene rings is 1. The minimum atomic E-state index is -0.214. The molecule has 94 valence electrons.